The molecule has 1 aromatic heterocycles. The first kappa shape index (κ1) is 14.7. The maximum Gasteiger partial charge on any atom is 0.245 e. The molecule has 1 heterocycles. The summed E-state index contributed by atoms with van der Waals surface area (Å²) in [6, 6.07) is -0.280. The highest BCUT2D eigenvalue weighted by molar-refractivity contribution is 5.80. The minimum absolute atomic E-state index is 0.00586. The molecule has 0 saturated heterocycles. The smallest absolute Gasteiger partial charge is 0.245 e. The lowest BCUT2D eigenvalue weighted by atomic mass is 10.2. The van der Waals surface area contributed by atoms with Crippen molar-refractivity contribution in [2.75, 3.05) is 19.7 Å². The molecule has 0 aromatic carbocycles. The van der Waals surface area contributed by atoms with Crippen LogP contribution >= 0.6 is 0 Å². The molecular formula is C13H23N3O2. The van der Waals surface area contributed by atoms with E-state index in [-0.39, 0.29) is 18.6 Å². The first-order valence-electron chi connectivity index (χ1n) is 6.36. The molecule has 1 unspecified atom stereocenters. The van der Waals surface area contributed by atoms with E-state index in [0.29, 0.717) is 19.0 Å². The molecule has 5 heteroatoms. The Morgan fingerprint density at radius 1 is 1.50 bits per heavy atom. The molecule has 0 aliphatic carbocycles. The number of aromatic nitrogens is 2. The minimum Gasteiger partial charge on any atom is -0.395 e. The SMILES string of the molecule is Cc1nccn1C(C)C(=O)N(CCO)CC(C)C. The van der Waals surface area contributed by atoms with Crippen LogP contribution in [0, 0.1) is 12.8 Å². The quantitative estimate of drug-likeness (QED) is 0.829. The highest BCUT2D eigenvalue weighted by Crippen LogP contribution is 2.13. The van der Waals surface area contributed by atoms with Gasteiger partial charge in [-0.2, -0.15) is 0 Å². The van der Waals surface area contributed by atoms with E-state index in [1.807, 2.05) is 24.6 Å². The van der Waals surface area contributed by atoms with Crippen molar-refractivity contribution in [3.8, 4) is 0 Å². The molecule has 1 atom stereocenters. The zero-order chi connectivity index (χ0) is 13.7. The molecule has 0 spiro atoms. The van der Waals surface area contributed by atoms with E-state index < -0.39 is 0 Å². The molecule has 5 nitrogen and oxygen atoms in total. The average Bonchev–Trinajstić information content (AvgIpc) is 2.72. The Hall–Kier alpha value is -1.36. The Morgan fingerprint density at radius 3 is 2.61 bits per heavy atom. The van der Waals surface area contributed by atoms with Gasteiger partial charge in [0.1, 0.15) is 11.9 Å². The molecule has 1 amide bonds. The Bertz CT molecular complexity index is 387. The number of imidazole rings is 1. The number of aliphatic hydroxyl groups excluding tert-OH is 1. The summed E-state index contributed by atoms with van der Waals surface area (Å²) < 4.78 is 1.85. The van der Waals surface area contributed by atoms with Crippen LogP contribution in [0.3, 0.4) is 0 Å². The van der Waals surface area contributed by atoms with E-state index in [1.165, 1.54) is 0 Å². The number of amides is 1. The fourth-order valence-corrected chi connectivity index (χ4v) is 2.03. The number of aryl methyl sites for hydroxylation is 1. The highest BCUT2D eigenvalue weighted by atomic mass is 16.3. The fourth-order valence-electron chi connectivity index (χ4n) is 2.03. The van der Waals surface area contributed by atoms with E-state index in [9.17, 15) is 4.79 Å². The van der Waals surface area contributed by atoms with Gasteiger partial charge in [0, 0.05) is 25.5 Å². The summed E-state index contributed by atoms with van der Waals surface area (Å²) in [6.07, 6.45) is 3.50. The summed E-state index contributed by atoms with van der Waals surface area (Å²) in [5, 5.41) is 9.05. The fraction of sp³-hybridized carbons (Fsp3) is 0.692. The van der Waals surface area contributed by atoms with E-state index in [1.54, 1.807) is 11.1 Å². The molecule has 0 aliphatic heterocycles. The van der Waals surface area contributed by atoms with Gasteiger partial charge in [0.2, 0.25) is 5.91 Å². The van der Waals surface area contributed by atoms with Crippen molar-refractivity contribution in [3.05, 3.63) is 18.2 Å². The molecule has 1 rings (SSSR count). The molecule has 0 radical (unpaired) electrons. The molecule has 18 heavy (non-hydrogen) atoms. The van der Waals surface area contributed by atoms with Gasteiger partial charge < -0.3 is 14.6 Å². The summed E-state index contributed by atoms with van der Waals surface area (Å²) in [5.41, 5.74) is 0. The Labute approximate surface area is 108 Å². The Morgan fingerprint density at radius 2 is 2.17 bits per heavy atom. The summed E-state index contributed by atoms with van der Waals surface area (Å²) >= 11 is 0. The predicted molar refractivity (Wildman–Crippen MR) is 70.2 cm³/mol. The van der Waals surface area contributed by atoms with E-state index in [0.717, 1.165) is 5.82 Å². The van der Waals surface area contributed by atoms with Gasteiger partial charge >= 0.3 is 0 Å². The van der Waals surface area contributed by atoms with Crippen molar-refractivity contribution >= 4 is 5.91 Å². The molecule has 0 saturated carbocycles. The second-order valence-electron chi connectivity index (χ2n) is 4.96. The average molecular weight is 253 g/mol. The normalized spacial score (nSPS) is 12.8. The van der Waals surface area contributed by atoms with E-state index in [2.05, 4.69) is 18.8 Å². The largest absolute Gasteiger partial charge is 0.395 e. The summed E-state index contributed by atoms with van der Waals surface area (Å²) in [7, 11) is 0. The van der Waals surface area contributed by atoms with E-state index in [4.69, 9.17) is 5.11 Å². The number of carbonyl (C=O) groups excluding carboxylic acids is 1. The number of nitrogens with zero attached hydrogens (tertiary/aromatic N) is 3. The summed E-state index contributed by atoms with van der Waals surface area (Å²) in [6.45, 7) is 8.90. The van der Waals surface area contributed by atoms with Crippen LogP contribution in [0.25, 0.3) is 0 Å². The third-order valence-electron chi connectivity index (χ3n) is 2.90. The standard InChI is InChI=1S/C13H23N3O2/c1-10(2)9-15(7-8-17)13(18)11(3)16-6-5-14-12(16)4/h5-6,10-11,17H,7-9H2,1-4H3. The van der Waals surface area contributed by atoms with Crippen molar-refractivity contribution in [2.45, 2.75) is 33.7 Å². The molecule has 1 N–H and O–H groups in total. The zero-order valence-electron chi connectivity index (χ0n) is 11.6. The van der Waals surface area contributed by atoms with Crippen LogP contribution in [0.15, 0.2) is 12.4 Å². The van der Waals surface area contributed by atoms with Crippen molar-refractivity contribution < 1.29 is 9.90 Å². The van der Waals surface area contributed by atoms with Crippen molar-refractivity contribution in [1.29, 1.82) is 0 Å². The Kier molecular flexibility index (Phi) is 5.34. The summed E-state index contributed by atoms with van der Waals surface area (Å²) in [4.78, 5) is 18.2. The Balaban J connectivity index is 2.79. The topological polar surface area (TPSA) is 58.4 Å². The lowest BCUT2D eigenvalue weighted by Crippen LogP contribution is -2.40. The molecule has 0 bridgehead atoms. The minimum atomic E-state index is -0.280. The van der Waals surface area contributed by atoms with Gasteiger partial charge in [-0.05, 0) is 19.8 Å². The summed E-state index contributed by atoms with van der Waals surface area (Å²) in [5.74, 6) is 1.24. The third kappa shape index (κ3) is 3.57. The predicted octanol–water partition coefficient (Wildman–Crippen LogP) is 1.23. The molecule has 0 fully saturated rings. The van der Waals surface area contributed by atoms with Gasteiger partial charge in [-0.3, -0.25) is 4.79 Å². The lowest BCUT2D eigenvalue weighted by molar-refractivity contribution is -0.135. The number of rotatable bonds is 6. The van der Waals surface area contributed by atoms with Gasteiger partial charge in [0.15, 0.2) is 0 Å². The molecule has 0 aliphatic rings. The van der Waals surface area contributed by atoms with Gasteiger partial charge in [0.25, 0.3) is 0 Å². The van der Waals surface area contributed by atoms with Crippen LogP contribution in [0.5, 0.6) is 0 Å². The third-order valence-corrected chi connectivity index (χ3v) is 2.90. The van der Waals surface area contributed by atoms with Crippen molar-refractivity contribution in [1.82, 2.24) is 14.5 Å². The van der Waals surface area contributed by atoms with Crippen LogP contribution in [-0.2, 0) is 4.79 Å². The number of hydrogen-bond donors (Lipinski definition) is 1. The van der Waals surface area contributed by atoms with E-state index >= 15 is 0 Å². The number of carbonyl (C=O) groups is 1. The van der Waals surface area contributed by atoms with Crippen LogP contribution < -0.4 is 0 Å². The van der Waals surface area contributed by atoms with Crippen LogP contribution in [-0.4, -0.2) is 45.2 Å². The van der Waals surface area contributed by atoms with Crippen LogP contribution in [0.1, 0.15) is 32.6 Å². The number of hydrogen-bond acceptors (Lipinski definition) is 3. The van der Waals surface area contributed by atoms with Gasteiger partial charge in [-0.25, -0.2) is 4.98 Å². The van der Waals surface area contributed by atoms with Crippen molar-refractivity contribution in [2.24, 2.45) is 5.92 Å². The molecule has 1 aromatic rings. The van der Waals surface area contributed by atoms with Crippen LogP contribution in [0.2, 0.25) is 0 Å². The maximum atomic E-state index is 12.4. The van der Waals surface area contributed by atoms with Gasteiger partial charge in [0.05, 0.1) is 6.61 Å². The van der Waals surface area contributed by atoms with Gasteiger partial charge in [-0.1, -0.05) is 13.8 Å². The number of aliphatic hydroxyl groups is 1. The lowest BCUT2D eigenvalue weighted by Gasteiger charge is -2.27. The first-order valence-corrected chi connectivity index (χ1v) is 6.36. The van der Waals surface area contributed by atoms with Gasteiger partial charge in [-0.15, -0.1) is 0 Å². The zero-order valence-corrected chi connectivity index (χ0v) is 11.6. The highest BCUT2D eigenvalue weighted by Gasteiger charge is 2.22. The molecular weight excluding hydrogens is 230 g/mol. The second-order valence-corrected chi connectivity index (χ2v) is 4.96. The molecule has 102 valence electrons. The first-order chi connectivity index (χ1) is 8.47. The maximum absolute atomic E-state index is 12.4. The van der Waals surface area contributed by atoms with Crippen LogP contribution in [0.4, 0.5) is 0 Å². The monoisotopic (exact) mass is 253 g/mol. The van der Waals surface area contributed by atoms with Crippen molar-refractivity contribution in [3.63, 3.8) is 0 Å². The second kappa shape index (κ2) is 6.54.